The van der Waals surface area contributed by atoms with Crippen molar-refractivity contribution < 1.29 is 13.0 Å². The van der Waals surface area contributed by atoms with Gasteiger partial charge in [0.05, 0.1) is 23.4 Å². The van der Waals surface area contributed by atoms with Gasteiger partial charge in [-0.2, -0.15) is 0 Å². The monoisotopic (exact) mass is 630 g/mol. The van der Waals surface area contributed by atoms with E-state index in [-0.39, 0.29) is 12.2 Å². The van der Waals surface area contributed by atoms with Gasteiger partial charge >= 0.3 is 0 Å². The minimum Gasteiger partial charge on any atom is -0.352 e. The van der Waals surface area contributed by atoms with Crippen LogP contribution in [-0.4, -0.2) is 41.8 Å². The largest absolute Gasteiger partial charge is 0.352 e. The zero-order valence-electron chi connectivity index (χ0n) is 19.2. The molecule has 35 heavy (non-hydrogen) atoms. The molecule has 0 saturated carbocycles. The van der Waals surface area contributed by atoms with Crippen molar-refractivity contribution in [1.82, 2.24) is 24.3 Å². The molecule has 9 nitrogen and oxygen atoms in total. The number of nitrogens with zero attached hydrogens (tertiary/aromatic N) is 6. The molecule has 0 aliphatic heterocycles. The molecular weight excluding hydrogens is 608 g/mol. The summed E-state index contributed by atoms with van der Waals surface area (Å²) in [6, 6.07) is 10.8. The Morgan fingerprint density at radius 1 is 1.06 bits per heavy atom. The van der Waals surface area contributed by atoms with Crippen LogP contribution >= 0.6 is 28.4 Å². The third kappa shape index (κ3) is 5.51. The van der Waals surface area contributed by atoms with E-state index < -0.39 is 17.4 Å². The van der Waals surface area contributed by atoms with Gasteiger partial charge in [-0.15, -0.1) is 0 Å². The number of rotatable bonds is 8. The number of para-hydroxylation sites is 2. The highest BCUT2D eigenvalue weighted by atomic mass is 127. The number of hydrogen-bond acceptors (Lipinski definition) is 7. The highest BCUT2D eigenvalue weighted by molar-refractivity contribution is 14.2. The molecule has 0 fully saturated rings. The van der Waals surface area contributed by atoms with E-state index in [2.05, 4.69) is 30.6 Å². The molecule has 2 unspecified atom stereocenters. The van der Waals surface area contributed by atoms with Gasteiger partial charge < -0.3 is 10.6 Å². The molecule has 4 rings (SSSR count). The van der Waals surface area contributed by atoms with Gasteiger partial charge in [0.25, 0.3) is 6.43 Å². The summed E-state index contributed by atoms with van der Waals surface area (Å²) in [7, 11) is 0.451. The lowest BCUT2D eigenvalue weighted by Crippen LogP contribution is -2.19. The summed E-state index contributed by atoms with van der Waals surface area (Å²) in [5, 5.41) is 6.45. The minimum atomic E-state index is -2.76. The highest BCUT2D eigenvalue weighted by Gasteiger charge is 2.23. The number of aromatic nitrogens is 5. The maximum atomic E-state index is 13.8. The lowest BCUT2D eigenvalue weighted by atomic mass is 10.2. The standard InChI is InChI=1S/C21H22F2IN8OPS/c1-11-9-16(26-12(2)25-11)28-17-10-14(18-20(29-17)32(34-24)21(30-18)19(22)23)27-13-7-5-6-8-15(13)31(3)35(4)33/h5-10,19,34H,1-4H3,(H2,25,26,27,28,29). The summed E-state index contributed by atoms with van der Waals surface area (Å²) in [6.07, 6.45) is -1.22. The Labute approximate surface area is 218 Å². The molecule has 0 radical (unpaired) electrons. The predicted octanol–water partition coefficient (Wildman–Crippen LogP) is 5.78. The Bertz CT molecular complexity index is 1400. The van der Waals surface area contributed by atoms with E-state index in [4.69, 9.17) is 0 Å². The molecule has 0 aliphatic carbocycles. The van der Waals surface area contributed by atoms with Gasteiger partial charge in [-0.05, 0) is 48.0 Å². The molecule has 0 bridgehead atoms. The number of anilines is 5. The quantitative estimate of drug-likeness (QED) is 0.188. The molecule has 14 heteroatoms. The Balaban J connectivity index is 1.88. The van der Waals surface area contributed by atoms with Crippen LogP contribution in [0.5, 0.6) is 0 Å². The smallest absolute Gasteiger partial charge is 0.295 e. The zero-order chi connectivity index (χ0) is 25.3. The molecule has 0 amide bonds. The second-order valence-electron chi connectivity index (χ2n) is 7.55. The molecule has 184 valence electrons. The summed E-state index contributed by atoms with van der Waals surface area (Å²) in [6.45, 7) is 3.64. The predicted molar refractivity (Wildman–Crippen MR) is 147 cm³/mol. The first-order valence-electron chi connectivity index (χ1n) is 10.3. The van der Waals surface area contributed by atoms with Crippen molar-refractivity contribution in [3.8, 4) is 0 Å². The Morgan fingerprint density at radius 2 is 1.77 bits per heavy atom. The fourth-order valence-corrected chi connectivity index (χ4v) is 5.84. The van der Waals surface area contributed by atoms with E-state index in [9.17, 15) is 13.0 Å². The first-order valence-corrected chi connectivity index (χ1v) is 15.9. The molecule has 2 N–H and O–H groups in total. The Kier molecular flexibility index (Phi) is 7.77. The fourth-order valence-electron chi connectivity index (χ4n) is 3.50. The van der Waals surface area contributed by atoms with Crippen molar-refractivity contribution in [2.45, 2.75) is 20.3 Å². The molecule has 0 saturated heterocycles. The molecular formula is C21H22F2IN8OPS. The van der Waals surface area contributed by atoms with Gasteiger partial charge in [0.1, 0.15) is 34.0 Å². The second kappa shape index (κ2) is 10.6. The van der Waals surface area contributed by atoms with Crippen LogP contribution in [0, 0.1) is 13.8 Å². The number of hydrogen-bond donors (Lipinski definition) is 2. The molecule has 0 spiro atoms. The van der Waals surface area contributed by atoms with Crippen LogP contribution in [0.1, 0.15) is 23.8 Å². The molecule has 0 aliphatic rings. The summed E-state index contributed by atoms with van der Waals surface area (Å²) >= 11 is 2.03. The molecule has 3 heterocycles. The number of pyridine rings is 1. The van der Waals surface area contributed by atoms with Gasteiger partial charge in [0, 0.05) is 31.1 Å². The van der Waals surface area contributed by atoms with Crippen molar-refractivity contribution in [3.63, 3.8) is 0 Å². The maximum absolute atomic E-state index is 13.8. The number of nitrogens with one attached hydrogen (secondary N) is 2. The SMILES string of the molecule is Cc1cc(Nc2cc(Nc3ccccc3N(C)S(C)=O)c3nc(C(F)F)n(PI)c3n2)nc(C)n1. The third-order valence-electron chi connectivity index (χ3n) is 5.04. The van der Waals surface area contributed by atoms with Crippen molar-refractivity contribution in [2.24, 2.45) is 0 Å². The summed E-state index contributed by atoms with van der Waals surface area (Å²) in [5.41, 5.74) is 3.19. The molecule has 4 aromatic rings. The molecule has 1 aromatic carbocycles. The average Bonchev–Trinajstić information content (AvgIpc) is 3.17. The third-order valence-corrected chi connectivity index (χ3v) is 8.07. The first kappa shape index (κ1) is 25.6. The van der Waals surface area contributed by atoms with Crippen LogP contribution in [0.15, 0.2) is 36.4 Å². The first-order chi connectivity index (χ1) is 16.7. The molecule has 2 atom stereocenters. The normalized spacial score (nSPS) is 12.6. The van der Waals surface area contributed by atoms with Crippen molar-refractivity contribution in [1.29, 1.82) is 0 Å². The van der Waals surface area contributed by atoms with Crippen LogP contribution in [0.4, 0.5) is 37.5 Å². The Hall–Kier alpha value is -2.51. The number of aryl methyl sites for hydroxylation is 2. The summed E-state index contributed by atoms with van der Waals surface area (Å²) in [5.74, 6) is 1.18. The van der Waals surface area contributed by atoms with E-state index in [0.717, 1.165) is 5.69 Å². The van der Waals surface area contributed by atoms with E-state index in [1.54, 1.807) is 36.7 Å². The van der Waals surface area contributed by atoms with Gasteiger partial charge in [-0.3, -0.25) is 8.64 Å². The van der Waals surface area contributed by atoms with Gasteiger partial charge in [-0.1, -0.05) is 12.1 Å². The molecule has 3 aromatic heterocycles. The number of alkyl halides is 2. The average molecular weight is 630 g/mol. The van der Waals surface area contributed by atoms with E-state index in [1.165, 1.54) is 4.34 Å². The van der Waals surface area contributed by atoms with Crippen LogP contribution in [0.2, 0.25) is 0 Å². The maximum Gasteiger partial charge on any atom is 0.295 e. The van der Waals surface area contributed by atoms with Crippen LogP contribution in [0.3, 0.4) is 0 Å². The van der Waals surface area contributed by atoms with Gasteiger partial charge in [-0.25, -0.2) is 32.9 Å². The van der Waals surface area contributed by atoms with E-state index >= 15 is 0 Å². The van der Waals surface area contributed by atoms with E-state index in [1.807, 2.05) is 53.2 Å². The Morgan fingerprint density at radius 3 is 2.43 bits per heavy atom. The summed E-state index contributed by atoms with van der Waals surface area (Å²) < 4.78 is 42.7. The van der Waals surface area contributed by atoms with Crippen molar-refractivity contribution in [2.75, 3.05) is 28.2 Å². The van der Waals surface area contributed by atoms with Crippen molar-refractivity contribution >= 4 is 79.3 Å². The lowest BCUT2D eigenvalue weighted by Gasteiger charge is -2.20. The lowest BCUT2D eigenvalue weighted by molar-refractivity contribution is 0.140. The van der Waals surface area contributed by atoms with Crippen LogP contribution < -0.4 is 14.9 Å². The van der Waals surface area contributed by atoms with Crippen LogP contribution in [0.25, 0.3) is 11.2 Å². The number of halogens is 3. The van der Waals surface area contributed by atoms with Gasteiger partial charge in [0.2, 0.25) is 0 Å². The highest BCUT2D eigenvalue weighted by Crippen LogP contribution is 2.39. The number of imidazole rings is 1. The minimum absolute atomic E-state index is 0.0332. The topological polar surface area (TPSA) is 101 Å². The summed E-state index contributed by atoms with van der Waals surface area (Å²) in [4.78, 5) is 17.5. The van der Waals surface area contributed by atoms with Crippen LogP contribution in [-0.2, 0) is 11.0 Å². The second-order valence-corrected chi connectivity index (χ2v) is 11.0. The zero-order valence-corrected chi connectivity index (χ0v) is 23.1. The number of benzene rings is 1. The fraction of sp³-hybridized carbons (Fsp3) is 0.238. The van der Waals surface area contributed by atoms with Crippen molar-refractivity contribution in [3.05, 3.63) is 53.7 Å². The van der Waals surface area contributed by atoms with E-state index in [0.29, 0.717) is 45.7 Å². The van der Waals surface area contributed by atoms with Gasteiger partial charge in [0.15, 0.2) is 11.5 Å². The number of fused-ring (bicyclic) bond motifs is 1.